The number of hydrogen-bond donors (Lipinski definition) is 0. The van der Waals surface area contributed by atoms with Crippen LogP contribution in [0.15, 0.2) is 72.9 Å². The Morgan fingerprint density at radius 3 is 0.778 bits per heavy atom. The van der Waals surface area contributed by atoms with Crippen LogP contribution in [0, 0.1) is 0 Å². The van der Waals surface area contributed by atoms with Crippen molar-refractivity contribution in [1.82, 2.24) is 0 Å². The Bertz CT molecular complexity index is 280. The van der Waals surface area contributed by atoms with Gasteiger partial charge in [-0.15, -0.1) is 0 Å². The van der Waals surface area contributed by atoms with Crippen molar-refractivity contribution in [3.8, 4) is 0 Å². The highest BCUT2D eigenvalue weighted by Gasteiger charge is 1.81. The van der Waals surface area contributed by atoms with Crippen LogP contribution in [0.4, 0.5) is 0 Å². The quantitative estimate of drug-likeness (QED) is 0.478. The minimum atomic E-state index is 1.14. The molecule has 0 fully saturated rings. The average Bonchev–Trinajstić information content (AvgIpc) is 3.08. The Balaban J connectivity index is 0.000000141. The topological polar surface area (TPSA) is 0 Å². The molecule has 0 spiro atoms. The lowest BCUT2D eigenvalue weighted by atomic mass is 10.1. The second-order valence-corrected chi connectivity index (χ2v) is 4.28. The lowest BCUT2D eigenvalue weighted by Gasteiger charge is -1.92. The molecule has 0 atom stereocenters. The molecule has 3 aliphatic carbocycles. The van der Waals surface area contributed by atoms with Gasteiger partial charge in [0, 0.05) is 0 Å². The SMILES string of the molecule is C1=CCC=C1.C1=CCC=C1.C1=CCCC=CCC1. The van der Waals surface area contributed by atoms with Gasteiger partial charge in [0.1, 0.15) is 0 Å². The van der Waals surface area contributed by atoms with Crippen molar-refractivity contribution in [3.05, 3.63) is 72.9 Å². The minimum Gasteiger partial charge on any atom is -0.0882 e. The standard InChI is InChI=1S/C8H12.2C5H6/c1-2-4-6-8-7-5-3-1;2*1-2-4-5-3-1/h1-2,7-8H,3-6H2;2*1-4H,5H2. The van der Waals surface area contributed by atoms with E-state index in [1.165, 1.54) is 25.7 Å². The van der Waals surface area contributed by atoms with Crippen molar-refractivity contribution in [3.63, 3.8) is 0 Å². The first-order valence-corrected chi connectivity index (χ1v) is 6.93. The Labute approximate surface area is 112 Å². The Morgan fingerprint density at radius 1 is 0.333 bits per heavy atom. The smallest absolute Gasteiger partial charge is 0.0163 e. The molecule has 0 amide bonds. The van der Waals surface area contributed by atoms with E-state index in [0.29, 0.717) is 0 Å². The Kier molecular flexibility index (Phi) is 9.60. The molecule has 0 aromatic carbocycles. The van der Waals surface area contributed by atoms with Crippen LogP contribution in [-0.2, 0) is 0 Å². The summed E-state index contributed by atoms with van der Waals surface area (Å²) in [5.41, 5.74) is 0. The zero-order valence-corrected chi connectivity index (χ0v) is 11.2. The van der Waals surface area contributed by atoms with Gasteiger partial charge in [0.2, 0.25) is 0 Å². The normalized spacial score (nSPS) is 18.7. The molecule has 0 heterocycles. The highest BCUT2D eigenvalue weighted by molar-refractivity contribution is 5.12. The van der Waals surface area contributed by atoms with Gasteiger partial charge in [0.25, 0.3) is 0 Å². The molecule has 0 nitrogen and oxygen atoms in total. The third kappa shape index (κ3) is 9.65. The second kappa shape index (κ2) is 11.9. The molecule has 0 N–H and O–H groups in total. The van der Waals surface area contributed by atoms with E-state index in [0.717, 1.165) is 12.8 Å². The summed E-state index contributed by atoms with van der Waals surface area (Å²) in [4.78, 5) is 0. The van der Waals surface area contributed by atoms with E-state index >= 15 is 0 Å². The monoisotopic (exact) mass is 240 g/mol. The van der Waals surface area contributed by atoms with Gasteiger partial charge in [0.05, 0.1) is 0 Å². The first-order chi connectivity index (χ1) is 9.00. The van der Waals surface area contributed by atoms with Gasteiger partial charge in [-0.25, -0.2) is 0 Å². The van der Waals surface area contributed by atoms with Crippen LogP contribution in [0.3, 0.4) is 0 Å². The zero-order valence-electron chi connectivity index (χ0n) is 11.2. The fraction of sp³-hybridized carbons (Fsp3) is 0.333. The summed E-state index contributed by atoms with van der Waals surface area (Å²) in [6.07, 6.45) is 33.0. The van der Waals surface area contributed by atoms with E-state index in [4.69, 9.17) is 0 Å². The summed E-state index contributed by atoms with van der Waals surface area (Å²) < 4.78 is 0. The van der Waals surface area contributed by atoms with E-state index in [2.05, 4.69) is 72.9 Å². The summed E-state index contributed by atoms with van der Waals surface area (Å²) in [7, 11) is 0. The molecule has 0 heteroatoms. The molecule has 0 saturated heterocycles. The summed E-state index contributed by atoms with van der Waals surface area (Å²) in [5.74, 6) is 0. The van der Waals surface area contributed by atoms with Gasteiger partial charge in [-0.1, -0.05) is 72.9 Å². The molecule has 0 aromatic rings. The first kappa shape index (κ1) is 14.5. The van der Waals surface area contributed by atoms with Crippen LogP contribution >= 0.6 is 0 Å². The Morgan fingerprint density at radius 2 is 0.611 bits per heavy atom. The molecule has 0 unspecified atom stereocenters. The molecular weight excluding hydrogens is 216 g/mol. The van der Waals surface area contributed by atoms with Crippen LogP contribution in [0.5, 0.6) is 0 Å². The molecule has 0 bridgehead atoms. The van der Waals surface area contributed by atoms with E-state index in [1.54, 1.807) is 0 Å². The highest BCUT2D eigenvalue weighted by atomic mass is 13.9. The van der Waals surface area contributed by atoms with Crippen molar-refractivity contribution in [2.75, 3.05) is 0 Å². The maximum atomic E-state index is 2.27. The molecular formula is C18H24. The van der Waals surface area contributed by atoms with E-state index in [-0.39, 0.29) is 0 Å². The fourth-order valence-corrected chi connectivity index (χ4v) is 1.64. The van der Waals surface area contributed by atoms with E-state index in [9.17, 15) is 0 Å². The number of hydrogen-bond acceptors (Lipinski definition) is 0. The summed E-state index contributed by atoms with van der Waals surface area (Å²) in [6.45, 7) is 0. The third-order valence-electron chi connectivity index (χ3n) is 2.64. The maximum Gasteiger partial charge on any atom is -0.0163 e. The van der Waals surface area contributed by atoms with Gasteiger partial charge in [-0.2, -0.15) is 0 Å². The van der Waals surface area contributed by atoms with Crippen molar-refractivity contribution < 1.29 is 0 Å². The molecule has 3 aliphatic rings. The second-order valence-electron chi connectivity index (χ2n) is 4.28. The van der Waals surface area contributed by atoms with Gasteiger partial charge in [-0.05, 0) is 38.5 Å². The predicted octanol–water partition coefficient (Wildman–Crippen LogP) is 5.68. The van der Waals surface area contributed by atoms with Gasteiger partial charge in [-0.3, -0.25) is 0 Å². The maximum absolute atomic E-state index is 2.27. The summed E-state index contributed by atoms with van der Waals surface area (Å²) in [5, 5.41) is 0. The van der Waals surface area contributed by atoms with Crippen molar-refractivity contribution >= 4 is 0 Å². The van der Waals surface area contributed by atoms with Crippen LogP contribution in [0.2, 0.25) is 0 Å². The van der Waals surface area contributed by atoms with Gasteiger partial charge in [0.15, 0.2) is 0 Å². The molecule has 96 valence electrons. The molecule has 18 heavy (non-hydrogen) atoms. The van der Waals surface area contributed by atoms with Crippen LogP contribution in [-0.4, -0.2) is 0 Å². The number of rotatable bonds is 0. The van der Waals surface area contributed by atoms with E-state index < -0.39 is 0 Å². The molecule has 0 radical (unpaired) electrons. The van der Waals surface area contributed by atoms with Gasteiger partial charge < -0.3 is 0 Å². The summed E-state index contributed by atoms with van der Waals surface area (Å²) >= 11 is 0. The van der Waals surface area contributed by atoms with E-state index in [1.807, 2.05) is 0 Å². The fourth-order valence-electron chi connectivity index (χ4n) is 1.64. The Hall–Kier alpha value is -1.56. The zero-order chi connectivity index (χ0) is 12.7. The molecule has 0 aliphatic heterocycles. The largest absolute Gasteiger partial charge is 0.0882 e. The summed E-state index contributed by atoms with van der Waals surface area (Å²) in [6, 6.07) is 0. The highest BCUT2D eigenvalue weighted by Crippen LogP contribution is 2.02. The minimum absolute atomic E-state index is 1.14. The van der Waals surface area contributed by atoms with Crippen molar-refractivity contribution in [2.24, 2.45) is 0 Å². The average molecular weight is 240 g/mol. The third-order valence-corrected chi connectivity index (χ3v) is 2.64. The van der Waals surface area contributed by atoms with Crippen LogP contribution in [0.25, 0.3) is 0 Å². The lowest BCUT2D eigenvalue weighted by molar-refractivity contribution is 0.962. The van der Waals surface area contributed by atoms with Crippen LogP contribution in [0.1, 0.15) is 38.5 Å². The molecule has 0 saturated carbocycles. The first-order valence-electron chi connectivity index (χ1n) is 6.93. The molecule has 3 rings (SSSR count). The molecule has 0 aromatic heterocycles. The van der Waals surface area contributed by atoms with Crippen molar-refractivity contribution in [1.29, 1.82) is 0 Å². The number of allylic oxidation sites excluding steroid dienone is 12. The van der Waals surface area contributed by atoms with Crippen molar-refractivity contribution in [2.45, 2.75) is 38.5 Å². The van der Waals surface area contributed by atoms with Crippen LogP contribution < -0.4 is 0 Å². The lowest BCUT2D eigenvalue weighted by Crippen LogP contribution is -1.71. The predicted molar refractivity (Wildman–Crippen MR) is 82.5 cm³/mol. The van der Waals surface area contributed by atoms with Gasteiger partial charge >= 0.3 is 0 Å².